The zero-order chi connectivity index (χ0) is 19.0. The molecule has 0 bridgehead atoms. The van der Waals surface area contributed by atoms with Crippen molar-refractivity contribution < 1.29 is 13.2 Å². The van der Waals surface area contributed by atoms with Gasteiger partial charge in [-0.05, 0) is 25.5 Å². The van der Waals surface area contributed by atoms with E-state index < -0.39 is 9.84 Å². The van der Waals surface area contributed by atoms with Gasteiger partial charge in [0, 0.05) is 31.4 Å². The van der Waals surface area contributed by atoms with Crippen LogP contribution >= 0.6 is 0 Å². The molecule has 0 aromatic heterocycles. The minimum atomic E-state index is -2.99. The van der Waals surface area contributed by atoms with Gasteiger partial charge in [0.1, 0.15) is 5.75 Å². The predicted octanol–water partition coefficient (Wildman–Crippen LogP) is 1.26. The fourth-order valence-corrected chi connectivity index (χ4v) is 3.60. The van der Waals surface area contributed by atoms with E-state index in [9.17, 15) is 8.42 Å². The zero-order valence-electron chi connectivity index (χ0n) is 15.9. The molecular formula is C18H30N4O3S. The van der Waals surface area contributed by atoms with Gasteiger partial charge in [0.15, 0.2) is 15.8 Å². The van der Waals surface area contributed by atoms with Gasteiger partial charge in [-0.15, -0.1) is 0 Å². The molecule has 8 heteroatoms. The largest absolute Gasteiger partial charge is 0.495 e. The molecule has 146 valence electrons. The Morgan fingerprint density at radius 3 is 2.81 bits per heavy atom. The molecule has 1 aliphatic heterocycles. The Bertz CT molecular complexity index is 706. The minimum absolute atomic E-state index is 0.0814. The first-order chi connectivity index (χ1) is 12.5. The average Bonchev–Trinajstić information content (AvgIpc) is 3.10. The Morgan fingerprint density at radius 1 is 1.35 bits per heavy atom. The number of hydrogen-bond donors (Lipinski definition) is 2. The van der Waals surface area contributed by atoms with Crippen molar-refractivity contribution >= 4 is 21.5 Å². The smallest absolute Gasteiger partial charge is 0.191 e. The molecule has 1 aromatic carbocycles. The first-order valence-corrected chi connectivity index (χ1v) is 10.9. The summed E-state index contributed by atoms with van der Waals surface area (Å²) < 4.78 is 28.7. The molecule has 0 spiro atoms. The van der Waals surface area contributed by atoms with Crippen molar-refractivity contribution in [2.45, 2.75) is 26.3 Å². The van der Waals surface area contributed by atoms with E-state index in [1.165, 1.54) is 0 Å². The van der Waals surface area contributed by atoms with Crippen molar-refractivity contribution in [3.63, 3.8) is 0 Å². The van der Waals surface area contributed by atoms with Crippen LogP contribution in [0.25, 0.3) is 0 Å². The molecule has 1 aromatic rings. The molecule has 0 radical (unpaired) electrons. The number of rotatable bonds is 8. The van der Waals surface area contributed by atoms with Crippen molar-refractivity contribution in [3.05, 3.63) is 24.3 Å². The van der Waals surface area contributed by atoms with E-state index in [2.05, 4.69) is 26.6 Å². The summed E-state index contributed by atoms with van der Waals surface area (Å²) in [6, 6.07) is 8.26. The molecule has 1 aliphatic rings. The summed E-state index contributed by atoms with van der Waals surface area (Å²) in [5, 5.41) is 6.61. The molecule has 1 heterocycles. The van der Waals surface area contributed by atoms with Gasteiger partial charge in [0.05, 0.1) is 25.1 Å². The molecule has 1 atom stereocenters. The fraction of sp³-hybridized carbons (Fsp3) is 0.611. The first-order valence-electron chi connectivity index (χ1n) is 9.12. The highest BCUT2D eigenvalue weighted by atomic mass is 32.2. The number of guanidine groups is 1. The van der Waals surface area contributed by atoms with Gasteiger partial charge in [-0.2, -0.15) is 0 Å². The highest BCUT2D eigenvalue weighted by molar-refractivity contribution is 7.91. The van der Waals surface area contributed by atoms with Crippen LogP contribution in [0.5, 0.6) is 5.75 Å². The third-order valence-electron chi connectivity index (χ3n) is 4.41. The lowest BCUT2D eigenvalue weighted by atomic mass is 10.2. The van der Waals surface area contributed by atoms with Crippen LogP contribution < -0.4 is 20.3 Å². The third kappa shape index (κ3) is 5.79. The lowest BCUT2D eigenvalue weighted by molar-refractivity contribution is 0.415. The van der Waals surface area contributed by atoms with Crippen LogP contribution in [0.2, 0.25) is 0 Å². The molecule has 0 amide bonds. The number of methoxy groups -OCH3 is 1. The molecule has 7 nitrogen and oxygen atoms in total. The van der Waals surface area contributed by atoms with Gasteiger partial charge in [-0.25, -0.2) is 8.42 Å². The zero-order valence-corrected chi connectivity index (χ0v) is 16.7. The Hall–Kier alpha value is -1.96. The van der Waals surface area contributed by atoms with Gasteiger partial charge >= 0.3 is 0 Å². The molecule has 1 unspecified atom stereocenters. The number of aliphatic imine (C=N–C) groups is 1. The second-order valence-electron chi connectivity index (χ2n) is 6.24. The molecule has 2 N–H and O–H groups in total. The lowest BCUT2D eigenvalue weighted by Gasteiger charge is -2.22. The molecule has 2 rings (SSSR count). The minimum Gasteiger partial charge on any atom is -0.495 e. The predicted molar refractivity (Wildman–Crippen MR) is 107 cm³/mol. The summed E-state index contributed by atoms with van der Waals surface area (Å²) in [5.74, 6) is 1.78. The first kappa shape index (κ1) is 20.4. The van der Waals surface area contributed by atoms with Crippen molar-refractivity contribution in [2.75, 3.05) is 49.7 Å². The molecule has 0 saturated carbocycles. The monoisotopic (exact) mass is 382 g/mol. The maximum absolute atomic E-state index is 11.6. The standard InChI is InChI=1S/C18H30N4O3S/c1-4-19-18(20-11-13-26(23,24)5-2)21-15-10-12-22(14-15)16-8-6-7-9-17(16)25-3/h6-9,15H,4-5,10-14H2,1-3H3,(H2,19,20,21). The third-order valence-corrected chi connectivity index (χ3v) is 6.10. The van der Waals surface area contributed by atoms with Crippen LogP contribution in [0.3, 0.4) is 0 Å². The van der Waals surface area contributed by atoms with E-state index >= 15 is 0 Å². The van der Waals surface area contributed by atoms with Crippen molar-refractivity contribution in [3.8, 4) is 5.75 Å². The van der Waals surface area contributed by atoms with Gasteiger partial charge in [-0.1, -0.05) is 19.1 Å². The van der Waals surface area contributed by atoms with E-state index in [0.717, 1.165) is 37.5 Å². The maximum atomic E-state index is 11.6. The summed E-state index contributed by atoms with van der Waals surface area (Å²) >= 11 is 0. The molecule has 1 saturated heterocycles. The quantitative estimate of drug-likeness (QED) is 0.520. The lowest BCUT2D eigenvalue weighted by Crippen LogP contribution is -2.44. The summed E-state index contributed by atoms with van der Waals surface area (Å²) in [6.07, 6.45) is 0.982. The Morgan fingerprint density at radius 2 is 2.12 bits per heavy atom. The maximum Gasteiger partial charge on any atom is 0.191 e. The van der Waals surface area contributed by atoms with Gasteiger partial charge < -0.3 is 20.3 Å². The number of sulfone groups is 1. The number of para-hydroxylation sites is 2. The number of anilines is 1. The highest BCUT2D eigenvalue weighted by Crippen LogP contribution is 2.30. The van der Waals surface area contributed by atoms with Gasteiger partial charge in [0.25, 0.3) is 0 Å². The molecule has 1 fully saturated rings. The van der Waals surface area contributed by atoms with E-state index in [4.69, 9.17) is 4.74 Å². The molecule has 26 heavy (non-hydrogen) atoms. The van der Waals surface area contributed by atoms with Crippen molar-refractivity contribution in [1.29, 1.82) is 0 Å². The van der Waals surface area contributed by atoms with Crippen LogP contribution in [0.1, 0.15) is 20.3 Å². The van der Waals surface area contributed by atoms with Crippen LogP contribution in [0, 0.1) is 0 Å². The summed E-state index contributed by atoms with van der Waals surface area (Å²) in [4.78, 5) is 6.71. The highest BCUT2D eigenvalue weighted by Gasteiger charge is 2.25. The number of benzene rings is 1. The van der Waals surface area contributed by atoms with Gasteiger partial charge in [0.2, 0.25) is 0 Å². The van der Waals surface area contributed by atoms with E-state index in [1.807, 2.05) is 25.1 Å². The normalized spacial score (nSPS) is 18.0. The van der Waals surface area contributed by atoms with Crippen molar-refractivity contribution in [2.24, 2.45) is 4.99 Å². The number of nitrogens with one attached hydrogen (secondary N) is 2. The van der Waals surface area contributed by atoms with Gasteiger partial charge in [-0.3, -0.25) is 4.99 Å². The van der Waals surface area contributed by atoms with Crippen LogP contribution in [-0.2, 0) is 9.84 Å². The SMILES string of the molecule is CCNC(=NCCS(=O)(=O)CC)NC1CCN(c2ccccc2OC)C1. The number of hydrogen-bond acceptors (Lipinski definition) is 5. The molecular weight excluding hydrogens is 352 g/mol. The Balaban J connectivity index is 1.95. The number of nitrogens with zero attached hydrogens (tertiary/aromatic N) is 2. The Labute approximate surface area is 156 Å². The van der Waals surface area contributed by atoms with E-state index in [0.29, 0.717) is 5.96 Å². The van der Waals surface area contributed by atoms with E-state index in [-0.39, 0.29) is 24.1 Å². The van der Waals surface area contributed by atoms with Crippen molar-refractivity contribution in [1.82, 2.24) is 10.6 Å². The summed E-state index contributed by atoms with van der Waals surface area (Å²) in [7, 11) is -1.31. The topological polar surface area (TPSA) is 83.0 Å². The van der Waals surface area contributed by atoms with Crippen LogP contribution in [0.15, 0.2) is 29.3 Å². The van der Waals surface area contributed by atoms with Crippen LogP contribution in [0.4, 0.5) is 5.69 Å². The Kier molecular flexibility index (Phi) is 7.56. The summed E-state index contributed by atoms with van der Waals surface area (Å²) in [5.41, 5.74) is 1.09. The molecule has 0 aliphatic carbocycles. The fourth-order valence-electron chi connectivity index (χ4n) is 2.94. The second kappa shape index (κ2) is 9.66. The average molecular weight is 383 g/mol. The second-order valence-corrected chi connectivity index (χ2v) is 8.72. The summed E-state index contributed by atoms with van der Waals surface area (Å²) in [6.45, 7) is 6.44. The number of ether oxygens (including phenoxy) is 1. The van der Waals surface area contributed by atoms with Crippen LogP contribution in [-0.4, -0.2) is 65.2 Å². The van der Waals surface area contributed by atoms with E-state index in [1.54, 1.807) is 14.0 Å².